The number of nitrogens with zero attached hydrogens (tertiary/aromatic N) is 2. The molecule has 22 heavy (non-hydrogen) atoms. The van der Waals surface area contributed by atoms with Crippen LogP contribution in [0.1, 0.15) is 34.8 Å². The van der Waals surface area contributed by atoms with Crippen molar-refractivity contribution in [3.05, 3.63) is 70.5 Å². The van der Waals surface area contributed by atoms with Gasteiger partial charge < -0.3 is 5.11 Å². The third-order valence-electron chi connectivity index (χ3n) is 4.10. The first-order chi connectivity index (χ1) is 10.7. The third kappa shape index (κ3) is 3.01. The Balaban J connectivity index is 1.81. The molecule has 1 unspecified atom stereocenters. The summed E-state index contributed by atoms with van der Waals surface area (Å²) in [4.78, 5) is 2.12. The Hall–Kier alpha value is -2.22. The number of hydrogen-bond acceptors (Lipinski definition) is 3. The largest absolute Gasteiger partial charge is 0.388 e. The highest BCUT2D eigenvalue weighted by atomic mass is 19.1. The number of benzene rings is 2. The molecular weight excluding hydrogens is 279 g/mol. The van der Waals surface area contributed by atoms with Crippen molar-refractivity contribution in [2.45, 2.75) is 25.6 Å². The summed E-state index contributed by atoms with van der Waals surface area (Å²) >= 11 is 0. The summed E-state index contributed by atoms with van der Waals surface area (Å²) < 4.78 is 14.0. The van der Waals surface area contributed by atoms with Crippen molar-refractivity contribution < 1.29 is 9.50 Å². The number of hydrogen-bond donors (Lipinski definition) is 1. The quantitative estimate of drug-likeness (QED) is 0.926. The van der Waals surface area contributed by atoms with Crippen LogP contribution in [0.15, 0.2) is 42.5 Å². The molecule has 0 amide bonds. The van der Waals surface area contributed by atoms with E-state index in [1.165, 1.54) is 6.07 Å². The van der Waals surface area contributed by atoms with Crippen molar-refractivity contribution in [1.82, 2.24) is 4.90 Å². The van der Waals surface area contributed by atoms with Crippen LogP contribution in [0, 0.1) is 17.1 Å². The van der Waals surface area contributed by atoms with Crippen LogP contribution in [0.4, 0.5) is 4.39 Å². The first kappa shape index (κ1) is 14.7. The molecular formula is C18H17FN2O. The second-order valence-corrected chi connectivity index (χ2v) is 5.63. The zero-order chi connectivity index (χ0) is 15.5. The molecule has 0 saturated carbocycles. The SMILES string of the molecule is N#Cc1ccc(CN2CCC(O)c3ccccc3C2)c(F)c1. The predicted molar refractivity (Wildman–Crippen MR) is 81.2 cm³/mol. The van der Waals surface area contributed by atoms with Gasteiger partial charge in [0.2, 0.25) is 0 Å². The van der Waals surface area contributed by atoms with E-state index in [9.17, 15) is 9.50 Å². The van der Waals surface area contributed by atoms with Crippen LogP contribution in [-0.2, 0) is 13.1 Å². The van der Waals surface area contributed by atoms with Gasteiger partial charge in [0.15, 0.2) is 0 Å². The molecule has 0 aliphatic carbocycles. The first-order valence-corrected chi connectivity index (χ1v) is 7.34. The Morgan fingerprint density at radius 2 is 2.09 bits per heavy atom. The van der Waals surface area contributed by atoms with E-state index < -0.39 is 6.10 Å². The van der Waals surface area contributed by atoms with E-state index in [-0.39, 0.29) is 5.82 Å². The number of halogens is 1. The minimum Gasteiger partial charge on any atom is -0.388 e. The second-order valence-electron chi connectivity index (χ2n) is 5.63. The molecule has 0 bridgehead atoms. The fourth-order valence-corrected chi connectivity index (χ4v) is 2.90. The number of nitriles is 1. The first-order valence-electron chi connectivity index (χ1n) is 7.34. The van der Waals surface area contributed by atoms with Gasteiger partial charge in [0.1, 0.15) is 5.82 Å². The van der Waals surface area contributed by atoms with Gasteiger partial charge >= 0.3 is 0 Å². The van der Waals surface area contributed by atoms with E-state index in [0.717, 1.165) is 11.1 Å². The highest BCUT2D eigenvalue weighted by Crippen LogP contribution is 2.27. The van der Waals surface area contributed by atoms with Gasteiger partial charge in [0.05, 0.1) is 17.7 Å². The van der Waals surface area contributed by atoms with Gasteiger partial charge in [-0.3, -0.25) is 4.90 Å². The van der Waals surface area contributed by atoms with Crippen molar-refractivity contribution in [1.29, 1.82) is 5.26 Å². The average Bonchev–Trinajstić information content (AvgIpc) is 2.69. The highest BCUT2D eigenvalue weighted by Gasteiger charge is 2.21. The summed E-state index contributed by atoms with van der Waals surface area (Å²) in [7, 11) is 0. The van der Waals surface area contributed by atoms with E-state index in [2.05, 4.69) is 4.90 Å². The minimum atomic E-state index is -0.466. The van der Waals surface area contributed by atoms with Crippen LogP contribution in [0.3, 0.4) is 0 Å². The van der Waals surface area contributed by atoms with E-state index in [4.69, 9.17) is 5.26 Å². The van der Waals surface area contributed by atoms with Crippen molar-refractivity contribution in [3.8, 4) is 6.07 Å². The Morgan fingerprint density at radius 3 is 2.86 bits per heavy atom. The molecule has 0 spiro atoms. The van der Waals surface area contributed by atoms with Crippen molar-refractivity contribution in [2.24, 2.45) is 0 Å². The molecule has 0 fully saturated rings. The van der Waals surface area contributed by atoms with E-state index >= 15 is 0 Å². The molecule has 0 radical (unpaired) electrons. The number of rotatable bonds is 2. The molecule has 1 atom stereocenters. The Labute approximate surface area is 129 Å². The highest BCUT2D eigenvalue weighted by molar-refractivity contribution is 5.33. The number of fused-ring (bicyclic) bond motifs is 1. The van der Waals surface area contributed by atoms with Crippen LogP contribution in [0.2, 0.25) is 0 Å². The zero-order valence-corrected chi connectivity index (χ0v) is 12.2. The summed E-state index contributed by atoms with van der Waals surface area (Å²) in [5.41, 5.74) is 2.96. The molecule has 1 aliphatic rings. The average molecular weight is 296 g/mol. The lowest BCUT2D eigenvalue weighted by Gasteiger charge is -2.20. The molecule has 0 saturated heterocycles. The molecule has 1 heterocycles. The summed E-state index contributed by atoms with van der Waals surface area (Å²) in [6, 6.07) is 14.4. The maximum absolute atomic E-state index is 14.0. The Morgan fingerprint density at radius 1 is 1.27 bits per heavy atom. The standard InChI is InChI=1S/C18H17FN2O/c19-17-9-13(10-20)5-6-15(17)12-21-8-7-18(22)16-4-2-1-3-14(16)11-21/h1-6,9,18,22H,7-8,11-12H2. The van der Waals surface area contributed by atoms with Gasteiger partial charge in [-0.15, -0.1) is 0 Å². The maximum atomic E-state index is 14.0. The lowest BCUT2D eigenvalue weighted by atomic mass is 10.0. The zero-order valence-electron chi connectivity index (χ0n) is 12.2. The third-order valence-corrected chi connectivity index (χ3v) is 4.10. The summed E-state index contributed by atoms with van der Waals surface area (Å²) in [6.45, 7) is 1.86. The molecule has 4 heteroatoms. The molecule has 2 aromatic carbocycles. The molecule has 3 rings (SSSR count). The van der Waals surface area contributed by atoms with Gasteiger partial charge in [-0.2, -0.15) is 5.26 Å². The maximum Gasteiger partial charge on any atom is 0.129 e. The monoisotopic (exact) mass is 296 g/mol. The topological polar surface area (TPSA) is 47.3 Å². The molecule has 1 N–H and O–H groups in total. The number of aliphatic hydroxyl groups excluding tert-OH is 1. The summed E-state index contributed by atoms with van der Waals surface area (Å²) in [5.74, 6) is -0.350. The van der Waals surface area contributed by atoms with Gasteiger partial charge in [-0.05, 0) is 29.7 Å². The molecule has 3 nitrogen and oxygen atoms in total. The summed E-state index contributed by atoms with van der Waals surface area (Å²) in [6.07, 6.45) is 0.168. The fraction of sp³-hybridized carbons (Fsp3) is 0.278. The summed E-state index contributed by atoms with van der Waals surface area (Å²) in [5, 5.41) is 19.0. The minimum absolute atomic E-state index is 0.331. The van der Waals surface area contributed by atoms with Crippen LogP contribution in [0.5, 0.6) is 0 Å². The van der Waals surface area contributed by atoms with E-state index in [1.54, 1.807) is 12.1 Å². The molecule has 2 aromatic rings. The van der Waals surface area contributed by atoms with Crippen molar-refractivity contribution in [2.75, 3.05) is 6.54 Å². The van der Waals surface area contributed by atoms with Gasteiger partial charge in [0.25, 0.3) is 0 Å². The molecule has 1 aliphatic heterocycles. The van der Waals surface area contributed by atoms with Gasteiger partial charge in [-0.25, -0.2) is 4.39 Å². The van der Waals surface area contributed by atoms with E-state index in [1.807, 2.05) is 30.3 Å². The lowest BCUT2D eigenvalue weighted by molar-refractivity contribution is 0.149. The van der Waals surface area contributed by atoms with Crippen molar-refractivity contribution in [3.63, 3.8) is 0 Å². The van der Waals surface area contributed by atoms with Gasteiger partial charge in [-0.1, -0.05) is 30.3 Å². The number of aliphatic hydroxyl groups is 1. The van der Waals surface area contributed by atoms with Gasteiger partial charge in [0, 0.05) is 25.2 Å². The molecule has 0 aromatic heterocycles. The van der Waals surface area contributed by atoms with Crippen LogP contribution in [-0.4, -0.2) is 16.6 Å². The fourth-order valence-electron chi connectivity index (χ4n) is 2.90. The Kier molecular flexibility index (Phi) is 4.19. The van der Waals surface area contributed by atoms with Crippen LogP contribution in [0.25, 0.3) is 0 Å². The molecule has 112 valence electrons. The predicted octanol–water partition coefficient (Wildman–Crippen LogP) is 3.14. The smallest absolute Gasteiger partial charge is 0.129 e. The van der Waals surface area contributed by atoms with Crippen molar-refractivity contribution >= 4 is 0 Å². The van der Waals surface area contributed by atoms with E-state index in [0.29, 0.717) is 37.2 Å². The normalized spacial score (nSPS) is 18.3. The van der Waals surface area contributed by atoms with Crippen LogP contribution < -0.4 is 0 Å². The van der Waals surface area contributed by atoms with Crippen LogP contribution >= 0.6 is 0 Å². The second kappa shape index (κ2) is 6.27. The lowest BCUT2D eigenvalue weighted by Crippen LogP contribution is -2.23. The Bertz CT molecular complexity index is 723.